The zero-order valence-electron chi connectivity index (χ0n) is 24.4. The van der Waals surface area contributed by atoms with Gasteiger partial charge in [0.15, 0.2) is 0 Å². The third-order valence-electron chi connectivity index (χ3n) is 12.7. The van der Waals surface area contributed by atoms with E-state index in [0.29, 0.717) is 43.6 Å². The number of carbonyl (C=O) groups is 1. The lowest BCUT2D eigenvalue weighted by Crippen LogP contribution is -2.82. The van der Waals surface area contributed by atoms with Gasteiger partial charge in [0.1, 0.15) is 11.2 Å². The minimum atomic E-state index is -1.70. The first kappa shape index (κ1) is 28.0. The number of nitrogens with zero attached hydrogens (tertiary/aromatic N) is 1. The number of anilines is 1. The van der Waals surface area contributed by atoms with Gasteiger partial charge in [0.2, 0.25) is 0 Å². The number of nitrogen functional groups attached to an aromatic ring is 1. The monoisotopic (exact) mass is 572 g/mol. The van der Waals surface area contributed by atoms with E-state index in [0.717, 1.165) is 0 Å². The van der Waals surface area contributed by atoms with Crippen LogP contribution in [-0.4, -0.2) is 109 Å². The number of para-hydroxylation sites is 1. The number of benzene rings is 1. The van der Waals surface area contributed by atoms with Crippen LogP contribution in [0.25, 0.3) is 0 Å². The van der Waals surface area contributed by atoms with E-state index in [2.05, 4.69) is 4.90 Å². The molecule has 7 rings (SSSR count). The van der Waals surface area contributed by atoms with Crippen LogP contribution in [0.3, 0.4) is 0 Å². The Morgan fingerprint density at radius 3 is 2.56 bits per heavy atom. The van der Waals surface area contributed by atoms with Crippen molar-refractivity contribution >= 4 is 11.7 Å². The van der Waals surface area contributed by atoms with Crippen molar-refractivity contribution in [1.29, 1.82) is 0 Å². The fraction of sp³-hybridized carbons (Fsp3) is 0.774. The largest absolute Gasteiger partial charge is 0.461 e. The van der Waals surface area contributed by atoms with Crippen molar-refractivity contribution in [3.05, 3.63) is 29.8 Å². The van der Waals surface area contributed by atoms with Crippen LogP contribution in [-0.2, 0) is 18.9 Å². The van der Waals surface area contributed by atoms with Crippen LogP contribution in [0.1, 0.15) is 43.0 Å². The van der Waals surface area contributed by atoms with Crippen LogP contribution in [0, 0.1) is 34.5 Å². The van der Waals surface area contributed by atoms with Crippen molar-refractivity contribution in [2.45, 2.75) is 74.3 Å². The van der Waals surface area contributed by atoms with E-state index >= 15 is 0 Å². The second-order valence-corrected chi connectivity index (χ2v) is 13.6. The highest BCUT2D eigenvalue weighted by atomic mass is 16.5. The van der Waals surface area contributed by atoms with Crippen LogP contribution < -0.4 is 5.73 Å². The predicted octanol–water partition coefficient (Wildman–Crippen LogP) is 1.06. The van der Waals surface area contributed by atoms with E-state index < -0.39 is 46.3 Å². The number of esters is 1. The Labute approximate surface area is 241 Å². The van der Waals surface area contributed by atoms with E-state index in [9.17, 15) is 20.1 Å². The van der Waals surface area contributed by atoms with E-state index in [-0.39, 0.29) is 48.9 Å². The molecule has 1 aromatic rings. The summed E-state index contributed by atoms with van der Waals surface area (Å²) in [7, 11) is 4.91. The molecule has 0 aromatic heterocycles. The molecule has 0 amide bonds. The highest BCUT2D eigenvalue weighted by Gasteiger charge is 2.91. The number of rotatable bonds is 7. The topological polar surface area (TPSA) is 144 Å². The Bertz CT molecular complexity index is 1230. The molecular weight excluding hydrogens is 528 g/mol. The molecule has 10 heteroatoms. The highest BCUT2D eigenvalue weighted by molar-refractivity contribution is 5.95. The summed E-state index contributed by atoms with van der Waals surface area (Å²) in [4.78, 5) is 15.5. The van der Waals surface area contributed by atoms with Gasteiger partial charge in [0, 0.05) is 68.6 Å². The van der Waals surface area contributed by atoms with Gasteiger partial charge < -0.3 is 40.0 Å². The Morgan fingerprint density at radius 2 is 1.90 bits per heavy atom. The van der Waals surface area contributed by atoms with Crippen LogP contribution in [0.2, 0.25) is 0 Å². The maximum Gasteiger partial charge on any atom is 0.340 e. The number of carbonyl (C=O) groups excluding carboxylic acids is 1. The molecule has 0 radical (unpaired) electrons. The average Bonchev–Trinajstić information content (AvgIpc) is 3.39. The fourth-order valence-electron chi connectivity index (χ4n) is 11.7. The van der Waals surface area contributed by atoms with Gasteiger partial charge in [-0.25, -0.2) is 4.79 Å². The SMILES string of the molecule is CCN1C[C@]2(COC(=O)c3ccccc3N)CC[C@H](O)C34C5CC6C(OC)C5[C@](O)(C[C@@H]6OC)C(O)(C(OC)C32)C14. The highest BCUT2D eigenvalue weighted by Crippen LogP contribution is 2.80. The van der Waals surface area contributed by atoms with Crippen molar-refractivity contribution < 1.29 is 39.1 Å². The average molecular weight is 573 g/mol. The van der Waals surface area contributed by atoms with E-state index in [4.69, 9.17) is 24.7 Å². The van der Waals surface area contributed by atoms with Crippen molar-refractivity contribution in [2.24, 2.45) is 34.5 Å². The molecule has 41 heavy (non-hydrogen) atoms. The summed E-state index contributed by atoms with van der Waals surface area (Å²) in [6, 6.07) is 6.34. The smallest absolute Gasteiger partial charge is 0.340 e. The van der Waals surface area contributed by atoms with E-state index in [1.807, 2.05) is 6.92 Å². The molecule has 1 aliphatic heterocycles. The van der Waals surface area contributed by atoms with Gasteiger partial charge in [-0.2, -0.15) is 0 Å². The number of likely N-dealkylation sites (N-methyl/N-ethyl adjacent to an activating group) is 1. The quantitative estimate of drug-likeness (QED) is 0.277. The molecule has 6 fully saturated rings. The number of fused-ring (bicyclic) bond motifs is 2. The summed E-state index contributed by atoms with van der Waals surface area (Å²) >= 11 is 0. The number of piperidine rings is 1. The number of methoxy groups -OCH3 is 3. The number of aliphatic hydroxyl groups excluding tert-OH is 1. The summed E-state index contributed by atoms with van der Waals surface area (Å²) in [6.07, 6.45) is -0.0175. The minimum absolute atomic E-state index is 0.0387. The lowest BCUT2D eigenvalue weighted by atomic mass is 9.42. The van der Waals surface area contributed by atoms with Gasteiger partial charge in [-0.15, -0.1) is 0 Å². The maximum absolute atomic E-state index is 13.3. The zero-order valence-corrected chi connectivity index (χ0v) is 24.4. The molecule has 6 aliphatic rings. The zero-order chi connectivity index (χ0) is 29.1. The Balaban J connectivity index is 1.39. The molecule has 10 nitrogen and oxygen atoms in total. The molecule has 1 saturated heterocycles. The van der Waals surface area contributed by atoms with Gasteiger partial charge >= 0.3 is 5.97 Å². The van der Waals surface area contributed by atoms with Crippen LogP contribution in [0.15, 0.2) is 24.3 Å². The molecule has 7 bridgehead atoms. The predicted molar refractivity (Wildman–Crippen MR) is 148 cm³/mol. The summed E-state index contributed by atoms with van der Waals surface area (Å²) < 4.78 is 24.4. The number of likely N-dealkylation sites (tertiary alicyclic amines) is 1. The Kier molecular flexibility index (Phi) is 6.22. The van der Waals surface area contributed by atoms with Gasteiger partial charge in [0.25, 0.3) is 0 Å². The van der Waals surface area contributed by atoms with Crippen molar-refractivity contribution in [3.8, 4) is 0 Å². The molecule has 5 aliphatic carbocycles. The molecular formula is C31H44N2O8. The molecule has 1 spiro atoms. The summed E-state index contributed by atoms with van der Waals surface area (Å²) in [6.45, 7) is 3.31. The standard InChI is InChI=1S/C31H44N2O8/c1-5-33-14-28(15-41-26(35)16-8-6-7-9-19(16)32)11-10-21(34)30-18-12-17-20(38-2)13-29(36,22(18)23(17)39-3)31(37,27(30)33)25(40-4)24(28)30/h6-9,17-18,20-25,27,34,36-37H,5,10-15,32H2,1-4H3/t17?,18?,20-,21-,22?,23?,24?,25?,27?,28-,29+,30?,31?/m0/s1. The molecule has 9 unspecified atom stereocenters. The first-order valence-corrected chi connectivity index (χ1v) is 15.1. The number of hydrogen-bond donors (Lipinski definition) is 4. The summed E-state index contributed by atoms with van der Waals surface area (Å²) in [5.74, 6) is -1.32. The van der Waals surface area contributed by atoms with Crippen molar-refractivity contribution in [1.82, 2.24) is 4.90 Å². The maximum atomic E-state index is 13.3. The Hall–Kier alpha value is -1.79. The van der Waals surface area contributed by atoms with Gasteiger partial charge in [-0.05, 0) is 43.9 Å². The summed E-state index contributed by atoms with van der Waals surface area (Å²) in [5.41, 5.74) is 2.12. The molecule has 1 aromatic carbocycles. The van der Waals surface area contributed by atoms with Gasteiger partial charge in [-0.3, -0.25) is 4.90 Å². The molecule has 226 valence electrons. The molecule has 1 heterocycles. The summed E-state index contributed by atoms with van der Waals surface area (Å²) in [5, 5.41) is 38.2. The lowest BCUT2D eigenvalue weighted by molar-refractivity contribution is -0.318. The van der Waals surface area contributed by atoms with Crippen LogP contribution >= 0.6 is 0 Å². The van der Waals surface area contributed by atoms with E-state index in [1.165, 1.54) is 0 Å². The minimum Gasteiger partial charge on any atom is -0.461 e. The van der Waals surface area contributed by atoms with Crippen molar-refractivity contribution in [2.75, 3.05) is 46.8 Å². The second kappa shape index (κ2) is 9.11. The molecule has 5 saturated carbocycles. The third-order valence-corrected chi connectivity index (χ3v) is 12.7. The van der Waals surface area contributed by atoms with Crippen LogP contribution in [0.4, 0.5) is 5.69 Å². The fourth-order valence-corrected chi connectivity index (χ4v) is 11.7. The second-order valence-electron chi connectivity index (χ2n) is 13.6. The number of ether oxygens (including phenoxy) is 4. The van der Waals surface area contributed by atoms with Crippen molar-refractivity contribution in [3.63, 3.8) is 0 Å². The van der Waals surface area contributed by atoms with E-state index in [1.54, 1.807) is 45.6 Å². The number of nitrogens with two attached hydrogens (primary N) is 1. The third kappa shape index (κ3) is 3.05. The first-order valence-electron chi connectivity index (χ1n) is 15.1. The first-order chi connectivity index (χ1) is 19.6. The molecule has 13 atom stereocenters. The van der Waals surface area contributed by atoms with Gasteiger partial charge in [0.05, 0.1) is 42.6 Å². The number of aliphatic hydroxyl groups is 3. The number of hydrogen-bond acceptors (Lipinski definition) is 10. The lowest BCUT2D eigenvalue weighted by Gasteiger charge is -2.69. The Morgan fingerprint density at radius 1 is 1.15 bits per heavy atom. The van der Waals surface area contributed by atoms with Gasteiger partial charge in [-0.1, -0.05) is 19.1 Å². The normalized spacial score (nSPS) is 51.0. The molecule has 5 N–H and O–H groups in total. The van der Waals surface area contributed by atoms with Crippen LogP contribution in [0.5, 0.6) is 0 Å².